The second-order valence-electron chi connectivity index (χ2n) is 6.62. The van der Waals surface area contributed by atoms with Crippen molar-refractivity contribution < 1.29 is 9.69 Å². The van der Waals surface area contributed by atoms with Crippen molar-refractivity contribution in [2.45, 2.75) is 51.6 Å². The third-order valence-electron chi connectivity index (χ3n) is 4.79. The van der Waals surface area contributed by atoms with E-state index in [-0.39, 0.29) is 11.9 Å². The van der Waals surface area contributed by atoms with E-state index in [0.717, 1.165) is 23.7 Å². The van der Waals surface area contributed by atoms with E-state index < -0.39 is 0 Å². The Kier molecular flexibility index (Phi) is 6.71. The van der Waals surface area contributed by atoms with E-state index in [4.69, 9.17) is 11.6 Å². The van der Waals surface area contributed by atoms with Crippen LogP contribution in [0.3, 0.4) is 0 Å². The van der Waals surface area contributed by atoms with Crippen LogP contribution in [0.15, 0.2) is 24.3 Å². The van der Waals surface area contributed by atoms with Crippen molar-refractivity contribution in [2.24, 2.45) is 5.92 Å². The van der Waals surface area contributed by atoms with Crippen LogP contribution in [0.25, 0.3) is 0 Å². The summed E-state index contributed by atoms with van der Waals surface area (Å²) in [5.41, 5.74) is 1.16. The van der Waals surface area contributed by atoms with E-state index >= 15 is 0 Å². The molecule has 0 heterocycles. The van der Waals surface area contributed by atoms with Crippen molar-refractivity contribution in [3.63, 3.8) is 0 Å². The molecular weight excluding hydrogens is 296 g/mol. The lowest BCUT2D eigenvalue weighted by Crippen LogP contribution is -3.12. The monoisotopic (exact) mass is 323 g/mol. The van der Waals surface area contributed by atoms with E-state index in [1.54, 1.807) is 0 Å². The Bertz CT molecular complexity index is 486. The zero-order chi connectivity index (χ0) is 15.9. The predicted molar refractivity (Wildman–Crippen MR) is 91.1 cm³/mol. The molecule has 1 unspecified atom stereocenters. The fourth-order valence-electron chi connectivity index (χ4n) is 3.14. The molecule has 122 valence electrons. The molecule has 1 aromatic rings. The molecule has 1 aliphatic carbocycles. The summed E-state index contributed by atoms with van der Waals surface area (Å²) in [6, 6.07) is 7.81. The van der Waals surface area contributed by atoms with Gasteiger partial charge >= 0.3 is 0 Å². The van der Waals surface area contributed by atoms with Crippen LogP contribution in [-0.4, -0.2) is 25.5 Å². The highest BCUT2D eigenvalue weighted by atomic mass is 35.5. The summed E-state index contributed by atoms with van der Waals surface area (Å²) in [5.74, 6) is 0.836. The zero-order valence-electron chi connectivity index (χ0n) is 13.7. The Morgan fingerprint density at radius 1 is 1.36 bits per heavy atom. The van der Waals surface area contributed by atoms with Crippen LogP contribution in [0.1, 0.15) is 44.6 Å². The van der Waals surface area contributed by atoms with E-state index in [9.17, 15) is 4.79 Å². The highest BCUT2D eigenvalue weighted by Crippen LogP contribution is 2.22. The molecule has 1 saturated carbocycles. The first-order chi connectivity index (χ1) is 10.6. The van der Waals surface area contributed by atoms with Gasteiger partial charge in [-0.1, -0.05) is 43.0 Å². The fraction of sp³-hybridized carbons (Fsp3) is 0.611. The van der Waals surface area contributed by atoms with Gasteiger partial charge in [-0.15, -0.1) is 0 Å². The summed E-state index contributed by atoms with van der Waals surface area (Å²) in [7, 11) is 2.06. The quantitative estimate of drug-likeness (QED) is 0.828. The van der Waals surface area contributed by atoms with Crippen LogP contribution < -0.4 is 10.2 Å². The van der Waals surface area contributed by atoms with Gasteiger partial charge in [0.2, 0.25) is 0 Å². The highest BCUT2D eigenvalue weighted by molar-refractivity contribution is 6.30. The number of rotatable bonds is 6. The molecule has 0 aromatic heterocycles. The van der Waals surface area contributed by atoms with Crippen molar-refractivity contribution in [2.75, 3.05) is 13.6 Å². The Morgan fingerprint density at radius 2 is 2.09 bits per heavy atom. The van der Waals surface area contributed by atoms with Gasteiger partial charge in [0.1, 0.15) is 6.54 Å². The molecule has 0 aliphatic heterocycles. The number of benzene rings is 1. The number of carbonyl (C=O) groups is 1. The van der Waals surface area contributed by atoms with Crippen LogP contribution in [0, 0.1) is 5.92 Å². The van der Waals surface area contributed by atoms with Crippen molar-refractivity contribution in [1.82, 2.24) is 5.32 Å². The summed E-state index contributed by atoms with van der Waals surface area (Å²) in [6.45, 7) is 3.64. The minimum Gasteiger partial charge on any atom is -0.351 e. The molecule has 0 radical (unpaired) electrons. The van der Waals surface area contributed by atoms with Crippen LogP contribution >= 0.6 is 11.6 Å². The molecule has 0 bridgehead atoms. The van der Waals surface area contributed by atoms with Crippen LogP contribution in [0.2, 0.25) is 5.02 Å². The SMILES string of the molecule is C[C@@H](C(=O)NCC1CCCCC1)[NH+](C)Cc1cccc(Cl)c1. The summed E-state index contributed by atoms with van der Waals surface area (Å²) in [4.78, 5) is 13.5. The number of hydrogen-bond acceptors (Lipinski definition) is 1. The third kappa shape index (κ3) is 5.29. The largest absolute Gasteiger partial charge is 0.351 e. The first-order valence-electron chi connectivity index (χ1n) is 8.40. The van der Waals surface area contributed by atoms with Gasteiger partial charge in [-0.2, -0.15) is 0 Å². The average molecular weight is 324 g/mol. The number of hydrogen-bond donors (Lipinski definition) is 2. The van der Waals surface area contributed by atoms with Crippen LogP contribution in [0.4, 0.5) is 0 Å². The average Bonchev–Trinajstić information content (AvgIpc) is 2.53. The van der Waals surface area contributed by atoms with Crippen molar-refractivity contribution >= 4 is 17.5 Å². The fourth-order valence-corrected chi connectivity index (χ4v) is 3.35. The Labute approximate surface area is 139 Å². The number of quaternary nitrogens is 1. The zero-order valence-corrected chi connectivity index (χ0v) is 14.5. The number of carbonyl (C=O) groups excluding carboxylic acids is 1. The Hall–Kier alpha value is -1.06. The molecule has 3 nitrogen and oxygen atoms in total. The Morgan fingerprint density at radius 3 is 2.77 bits per heavy atom. The third-order valence-corrected chi connectivity index (χ3v) is 5.03. The topological polar surface area (TPSA) is 33.5 Å². The van der Waals surface area contributed by atoms with E-state index in [1.165, 1.54) is 37.0 Å². The first kappa shape index (κ1) is 17.3. The van der Waals surface area contributed by atoms with Crippen molar-refractivity contribution in [1.29, 1.82) is 0 Å². The van der Waals surface area contributed by atoms with Gasteiger partial charge in [-0.05, 0) is 37.8 Å². The molecule has 1 aromatic carbocycles. The van der Waals surface area contributed by atoms with E-state index in [0.29, 0.717) is 5.92 Å². The lowest BCUT2D eigenvalue weighted by atomic mass is 9.89. The van der Waals surface area contributed by atoms with Crippen molar-refractivity contribution in [3.8, 4) is 0 Å². The molecule has 22 heavy (non-hydrogen) atoms. The van der Waals surface area contributed by atoms with Gasteiger partial charge in [0.25, 0.3) is 5.91 Å². The molecule has 4 heteroatoms. The lowest BCUT2D eigenvalue weighted by Gasteiger charge is -2.24. The van der Waals surface area contributed by atoms with Gasteiger partial charge in [0, 0.05) is 17.1 Å². The second kappa shape index (κ2) is 8.54. The number of halogens is 1. The normalized spacial score (nSPS) is 18.7. The van der Waals surface area contributed by atoms with E-state index in [1.807, 2.05) is 25.1 Å². The van der Waals surface area contributed by atoms with Crippen molar-refractivity contribution in [3.05, 3.63) is 34.9 Å². The summed E-state index contributed by atoms with van der Waals surface area (Å²) >= 11 is 6.02. The highest BCUT2D eigenvalue weighted by Gasteiger charge is 2.23. The summed E-state index contributed by atoms with van der Waals surface area (Å²) in [6.07, 6.45) is 6.51. The smallest absolute Gasteiger partial charge is 0.278 e. The molecule has 1 amide bonds. The standard InChI is InChI=1S/C18H27ClN2O/c1-14(18(22)20-12-15-7-4-3-5-8-15)21(2)13-16-9-6-10-17(19)11-16/h6,9-11,14-15H,3-5,7-8,12-13H2,1-2H3,(H,20,22)/p+1/t14-/m0/s1. The molecule has 1 aliphatic rings. The van der Waals surface area contributed by atoms with Gasteiger partial charge in [-0.3, -0.25) is 4.79 Å². The second-order valence-corrected chi connectivity index (χ2v) is 7.06. The van der Waals surface area contributed by atoms with Gasteiger partial charge < -0.3 is 10.2 Å². The number of likely N-dealkylation sites (N-methyl/N-ethyl adjacent to an activating group) is 1. The van der Waals surface area contributed by atoms with Crippen LogP contribution in [0.5, 0.6) is 0 Å². The summed E-state index contributed by atoms with van der Waals surface area (Å²) < 4.78 is 0. The van der Waals surface area contributed by atoms with Gasteiger partial charge in [0.15, 0.2) is 6.04 Å². The molecule has 1 fully saturated rings. The maximum atomic E-state index is 12.3. The molecule has 2 N–H and O–H groups in total. The number of nitrogens with one attached hydrogen (secondary N) is 2. The first-order valence-corrected chi connectivity index (χ1v) is 8.78. The number of amides is 1. The maximum absolute atomic E-state index is 12.3. The van der Waals surface area contributed by atoms with E-state index in [2.05, 4.69) is 18.4 Å². The minimum absolute atomic E-state index is 0.0532. The predicted octanol–water partition coefficient (Wildman–Crippen LogP) is 2.44. The van der Waals surface area contributed by atoms with Gasteiger partial charge in [0.05, 0.1) is 7.05 Å². The molecule has 2 rings (SSSR count). The molecule has 2 atom stereocenters. The Balaban J connectivity index is 1.78. The minimum atomic E-state index is -0.0532. The summed E-state index contributed by atoms with van der Waals surface area (Å²) in [5, 5.41) is 3.89. The van der Waals surface area contributed by atoms with Crippen LogP contribution in [-0.2, 0) is 11.3 Å². The lowest BCUT2D eigenvalue weighted by molar-refractivity contribution is -0.908. The molecule has 0 spiro atoms. The van der Waals surface area contributed by atoms with Gasteiger partial charge in [-0.25, -0.2) is 0 Å². The maximum Gasteiger partial charge on any atom is 0.278 e. The molecule has 0 saturated heterocycles. The molecular formula is C18H28ClN2O+.